The van der Waals surface area contributed by atoms with Crippen LogP contribution < -0.4 is 5.73 Å². The Balaban J connectivity index is 2.16. The molecule has 20 heavy (non-hydrogen) atoms. The lowest BCUT2D eigenvalue weighted by Crippen LogP contribution is -2.45. The van der Waals surface area contributed by atoms with Gasteiger partial charge >= 0.3 is 0 Å². The monoisotopic (exact) mass is 358 g/mol. The molecule has 2 rings (SSSR count). The third-order valence-electron chi connectivity index (χ3n) is 4.16. The Labute approximate surface area is 133 Å². The van der Waals surface area contributed by atoms with Gasteiger partial charge in [0, 0.05) is 23.1 Å². The largest absolute Gasteiger partial charge is 0.338 e. The third kappa shape index (κ3) is 3.35. The second-order valence-electron chi connectivity index (χ2n) is 5.39. The lowest BCUT2D eigenvalue weighted by Gasteiger charge is -2.37. The summed E-state index contributed by atoms with van der Waals surface area (Å²) in [6.07, 6.45) is 4.54. The summed E-state index contributed by atoms with van der Waals surface area (Å²) >= 11 is 9.33. The number of amides is 1. The van der Waals surface area contributed by atoms with E-state index in [2.05, 4.69) is 15.9 Å². The lowest BCUT2D eigenvalue weighted by molar-refractivity contribution is 0.0620. The molecule has 1 saturated carbocycles. The first-order valence-corrected chi connectivity index (χ1v) is 8.14. The van der Waals surface area contributed by atoms with Crippen molar-refractivity contribution in [1.29, 1.82) is 0 Å². The molecule has 2 unspecified atom stereocenters. The van der Waals surface area contributed by atoms with Crippen LogP contribution in [0.4, 0.5) is 0 Å². The molecule has 1 fully saturated rings. The minimum absolute atomic E-state index is 0.0349. The maximum atomic E-state index is 12.6. The molecule has 0 aliphatic heterocycles. The summed E-state index contributed by atoms with van der Waals surface area (Å²) in [5.74, 6) is 0.446. The van der Waals surface area contributed by atoms with Gasteiger partial charge in [-0.25, -0.2) is 0 Å². The van der Waals surface area contributed by atoms with Crippen molar-refractivity contribution < 1.29 is 4.79 Å². The van der Waals surface area contributed by atoms with Crippen molar-refractivity contribution in [2.24, 2.45) is 11.7 Å². The second-order valence-corrected chi connectivity index (χ2v) is 6.65. The van der Waals surface area contributed by atoms with Crippen molar-refractivity contribution in [2.45, 2.75) is 31.7 Å². The van der Waals surface area contributed by atoms with E-state index in [0.717, 1.165) is 17.3 Å². The Kier molecular flexibility index (Phi) is 5.47. The topological polar surface area (TPSA) is 46.3 Å². The molecule has 110 valence electrons. The van der Waals surface area contributed by atoms with Gasteiger partial charge in [-0.05, 0) is 59.4 Å². The molecule has 0 bridgehead atoms. The van der Waals surface area contributed by atoms with E-state index >= 15 is 0 Å². The number of nitrogens with two attached hydrogens (primary N) is 1. The normalized spacial score (nSPS) is 22.6. The molecule has 5 heteroatoms. The zero-order valence-electron chi connectivity index (χ0n) is 11.6. The Morgan fingerprint density at radius 2 is 2.15 bits per heavy atom. The first kappa shape index (κ1) is 15.8. The van der Waals surface area contributed by atoms with Gasteiger partial charge in [0.2, 0.25) is 0 Å². The zero-order valence-corrected chi connectivity index (χ0v) is 14.0. The molecular weight excluding hydrogens is 340 g/mol. The van der Waals surface area contributed by atoms with Crippen LogP contribution in [-0.2, 0) is 0 Å². The van der Waals surface area contributed by atoms with E-state index in [-0.39, 0.29) is 11.9 Å². The summed E-state index contributed by atoms with van der Waals surface area (Å²) in [5, 5.41) is 0.613. The lowest BCUT2D eigenvalue weighted by atomic mass is 9.83. The van der Waals surface area contributed by atoms with E-state index in [1.807, 2.05) is 11.9 Å². The van der Waals surface area contributed by atoms with Crippen molar-refractivity contribution >= 4 is 33.4 Å². The van der Waals surface area contributed by atoms with Crippen LogP contribution in [0.3, 0.4) is 0 Å². The van der Waals surface area contributed by atoms with Crippen molar-refractivity contribution in [3.8, 4) is 0 Å². The average Bonchev–Trinajstić information content (AvgIpc) is 2.48. The van der Waals surface area contributed by atoms with Gasteiger partial charge in [0.05, 0.1) is 5.02 Å². The van der Waals surface area contributed by atoms with Crippen LogP contribution in [0.25, 0.3) is 0 Å². The smallest absolute Gasteiger partial charge is 0.253 e. The van der Waals surface area contributed by atoms with Crippen molar-refractivity contribution in [3.63, 3.8) is 0 Å². The molecule has 0 heterocycles. The van der Waals surface area contributed by atoms with Gasteiger partial charge in [-0.3, -0.25) is 4.79 Å². The molecule has 2 N–H and O–H groups in total. The number of hydrogen-bond acceptors (Lipinski definition) is 2. The number of carbonyl (C=O) groups excluding carboxylic acids is 1. The maximum absolute atomic E-state index is 12.6. The molecule has 1 aliphatic carbocycles. The molecule has 1 amide bonds. The second kappa shape index (κ2) is 6.92. The highest BCUT2D eigenvalue weighted by molar-refractivity contribution is 9.10. The molecular formula is C15H20BrClN2O. The van der Waals surface area contributed by atoms with E-state index in [0.29, 0.717) is 23.0 Å². The molecule has 2 atom stereocenters. The summed E-state index contributed by atoms with van der Waals surface area (Å²) < 4.78 is 0.748. The van der Waals surface area contributed by atoms with Crippen molar-refractivity contribution in [3.05, 3.63) is 33.3 Å². The summed E-state index contributed by atoms with van der Waals surface area (Å²) in [7, 11) is 1.88. The quantitative estimate of drug-likeness (QED) is 0.894. The molecule has 3 nitrogen and oxygen atoms in total. The minimum Gasteiger partial charge on any atom is -0.338 e. The van der Waals surface area contributed by atoms with E-state index in [1.54, 1.807) is 18.2 Å². The molecule has 0 saturated heterocycles. The average molecular weight is 360 g/mol. The van der Waals surface area contributed by atoms with Gasteiger partial charge in [0.25, 0.3) is 5.91 Å². The maximum Gasteiger partial charge on any atom is 0.253 e. The predicted molar refractivity (Wildman–Crippen MR) is 86.0 cm³/mol. The van der Waals surface area contributed by atoms with Gasteiger partial charge in [-0.1, -0.05) is 24.4 Å². The van der Waals surface area contributed by atoms with Gasteiger partial charge < -0.3 is 10.6 Å². The Hall–Kier alpha value is -0.580. The van der Waals surface area contributed by atoms with Crippen LogP contribution in [0, 0.1) is 5.92 Å². The summed E-state index contributed by atoms with van der Waals surface area (Å²) in [6.45, 7) is 0.645. The summed E-state index contributed by atoms with van der Waals surface area (Å²) in [4.78, 5) is 14.4. The van der Waals surface area contributed by atoms with E-state index in [1.165, 1.54) is 12.8 Å². The standard InChI is InChI=1S/C15H20BrClN2O/c1-19(14-5-3-2-4-11(14)9-18)15(20)10-6-7-13(17)12(16)8-10/h6-8,11,14H,2-5,9,18H2,1H3. The SMILES string of the molecule is CN(C(=O)c1ccc(Cl)c(Br)c1)C1CCCCC1CN. The molecule has 0 radical (unpaired) electrons. The van der Waals surface area contributed by atoms with Gasteiger partial charge in [0.15, 0.2) is 0 Å². The van der Waals surface area contributed by atoms with Crippen LogP contribution in [0.1, 0.15) is 36.0 Å². The highest BCUT2D eigenvalue weighted by Gasteiger charge is 2.30. The molecule has 1 aliphatic rings. The van der Waals surface area contributed by atoms with Gasteiger partial charge in [-0.2, -0.15) is 0 Å². The fraction of sp³-hybridized carbons (Fsp3) is 0.533. The predicted octanol–water partition coefficient (Wildman–Crippen LogP) is 3.69. The number of rotatable bonds is 3. The van der Waals surface area contributed by atoms with Crippen LogP contribution in [0.2, 0.25) is 5.02 Å². The minimum atomic E-state index is 0.0349. The first-order chi connectivity index (χ1) is 9.54. The Morgan fingerprint density at radius 3 is 2.80 bits per heavy atom. The Bertz CT molecular complexity index is 495. The van der Waals surface area contributed by atoms with Crippen LogP contribution >= 0.6 is 27.5 Å². The van der Waals surface area contributed by atoms with Crippen molar-refractivity contribution in [2.75, 3.05) is 13.6 Å². The third-order valence-corrected chi connectivity index (χ3v) is 5.37. The number of halogens is 2. The number of nitrogens with zero attached hydrogens (tertiary/aromatic N) is 1. The molecule has 1 aromatic carbocycles. The van der Waals surface area contributed by atoms with Gasteiger partial charge in [0.1, 0.15) is 0 Å². The number of benzene rings is 1. The van der Waals surface area contributed by atoms with Crippen LogP contribution in [0.15, 0.2) is 22.7 Å². The van der Waals surface area contributed by atoms with Crippen LogP contribution in [-0.4, -0.2) is 30.4 Å². The van der Waals surface area contributed by atoms with Gasteiger partial charge in [-0.15, -0.1) is 0 Å². The van der Waals surface area contributed by atoms with E-state index in [4.69, 9.17) is 17.3 Å². The summed E-state index contributed by atoms with van der Waals surface area (Å²) in [6, 6.07) is 5.54. The van der Waals surface area contributed by atoms with Crippen molar-refractivity contribution in [1.82, 2.24) is 4.90 Å². The molecule has 0 aromatic heterocycles. The number of hydrogen-bond donors (Lipinski definition) is 1. The van der Waals surface area contributed by atoms with Crippen LogP contribution in [0.5, 0.6) is 0 Å². The van der Waals surface area contributed by atoms with E-state index < -0.39 is 0 Å². The first-order valence-electron chi connectivity index (χ1n) is 6.97. The zero-order chi connectivity index (χ0) is 14.7. The summed E-state index contributed by atoms with van der Waals surface area (Å²) in [5.41, 5.74) is 6.51. The highest BCUT2D eigenvalue weighted by Crippen LogP contribution is 2.29. The molecule has 1 aromatic rings. The fourth-order valence-electron chi connectivity index (χ4n) is 2.96. The number of carbonyl (C=O) groups is 1. The fourth-order valence-corrected chi connectivity index (χ4v) is 3.45. The van der Waals surface area contributed by atoms with E-state index in [9.17, 15) is 4.79 Å². The Morgan fingerprint density at radius 1 is 1.45 bits per heavy atom. The molecule has 0 spiro atoms. The highest BCUT2D eigenvalue weighted by atomic mass is 79.9.